The molecule has 0 saturated heterocycles. The van der Waals surface area contributed by atoms with Gasteiger partial charge in [-0.15, -0.1) is 0 Å². The molecule has 8 heteroatoms. The molecule has 0 spiro atoms. The second-order valence-electron chi connectivity index (χ2n) is 4.05. The van der Waals surface area contributed by atoms with Crippen molar-refractivity contribution in [1.82, 2.24) is 4.98 Å². The number of rotatable bonds is 4. The molecular formula is C13H11N3O5. The summed E-state index contributed by atoms with van der Waals surface area (Å²) in [6.45, 7) is 0. The topological polar surface area (TPSA) is 106 Å². The molecule has 21 heavy (non-hydrogen) atoms. The van der Waals surface area contributed by atoms with Crippen molar-refractivity contribution in [3.63, 3.8) is 0 Å². The van der Waals surface area contributed by atoms with Crippen LogP contribution in [0.25, 0.3) is 0 Å². The van der Waals surface area contributed by atoms with Crippen LogP contribution in [0, 0.1) is 10.1 Å². The molecule has 1 amide bonds. The van der Waals surface area contributed by atoms with Crippen LogP contribution in [-0.4, -0.2) is 28.2 Å². The molecule has 1 aromatic heterocycles. The lowest BCUT2D eigenvalue weighted by atomic mass is 10.3. The molecule has 2 rings (SSSR count). The maximum atomic E-state index is 10.8. The summed E-state index contributed by atoms with van der Waals surface area (Å²) in [6, 6.07) is 8.99. The van der Waals surface area contributed by atoms with Crippen LogP contribution >= 0.6 is 0 Å². The van der Waals surface area contributed by atoms with Crippen molar-refractivity contribution in [3.05, 3.63) is 52.7 Å². The average molecular weight is 289 g/mol. The molecule has 0 saturated carbocycles. The van der Waals surface area contributed by atoms with Crippen molar-refractivity contribution >= 4 is 17.5 Å². The number of nitro groups is 1. The molecule has 8 nitrogen and oxygen atoms in total. The Morgan fingerprint density at radius 2 is 1.95 bits per heavy atom. The van der Waals surface area contributed by atoms with Crippen molar-refractivity contribution in [2.75, 3.05) is 11.9 Å². The molecule has 2 aromatic rings. The molecule has 0 fully saturated rings. The van der Waals surface area contributed by atoms with E-state index in [1.807, 2.05) is 0 Å². The standard InChI is InChI=1S/C13H11N3O5/c1-15(13(17)18)9-2-5-11(6-3-9)21-12-7-4-10(8-14-12)16(19)20/h2-8H,1H3,(H,17,18). The highest BCUT2D eigenvalue weighted by atomic mass is 16.6. The van der Waals surface area contributed by atoms with E-state index in [0.717, 1.165) is 11.1 Å². The Balaban J connectivity index is 2.09. The number of hydrogen-bond donors (Lipinski definition) is 1. The Morgan fingerprint density at radius 1 is 1.29 bits per heavy atom. The minimum Gasteiger partial charge on any atom is -0.465 e. The Kier molecular flexibility index (Phi) is 3.98. The fourth-order valence-corrected chi connectivity index (χ4v) is 1.51. The fourth-order valence-electron chi connectivity index (χ4n) is 1.51. The molecule has 1 heterocycles. The zero-order valence-electron chi connectivity index (χ0n) is 11.0. The highest BCUT2D eigenvalue weighted by molar-refractivity contribution is 5.85. The summed E-state index contributed by atoms with van der Waals surface area (Å²) in [5.41, 5.74) is 0.368. The normalized spacial score (nSPS) is 9.95. The first kappa shape index (κ1) is 14.3. The monoisotopic (exact) mass is 289 g/mol. The SMILES string of the molecule is CN(C(=O)O)c1ccc(Oc2ccc([N+](=O)[O-])cn2)cc1. The van der Waals surface area contributed by atoms with Gasteiger partial charge in [-0.05, 0) is 24.3 Å². The van der Waals surface area contributed by atoms with E-state index in [9.17, 15) is 14.9 Å². The van der Waals surface area contributed by atoms with E-state index in [1.54, 1.807) is 24.3 Å². The van der Waals surface area contributed by atoms with Gasteiger partial charge < -0.3 is 9.84 Å². The quantitative estimate of drug-likeness (QED) is 0.685. The van der Waals surface area contributed by atoms with Crippen LogP contribution in [0.3, 0.4) is 0 Å². The summed E-state index contributed by atoms with van der Waals surface area (Å²) in [5, 5.41) is 19.3. The lowest BCUT2D eigenvalue weighted by Crippen LogP contribution is -2.23. The maximum Gasteiger partial charge on any atom is 0.411 e. The molecule has 1 aromatic carbocycles. The van der Waals surface area contributed by atoms with Gasteiger partial charge in [0.05, 0.1) is 4.92 Å². The lowest BCUT2D eigenvalue weighted by molar-refractivity contribution is -0.385. The number of amides is 1. The predicted octanol–water partition coefficient (Wildman–Crippen LogP) is 2.90. The number of pyridine rings is 1. The molecule has 0 bridgehead atoms. The van der Waals surface area contributed by atoms with Crippen LogP contribution in [0.15, 0.2) is 42.6 Å². The molecule has 1 N–H and O–H groups in total. The summed E-state index contributed by atoms with van der Waals surface area (Å²) in [4.78, 5) is 25.6. The van der Waals surface area contributed by atoms with Crippen LogP contribution in [0.4, 0.5) is 16.2 Å². The van der Waals surface area contributed by atoms with Gasteiger partial charge in [-0.2, -0.15) is 0 Å². The van der Waals surface area contributed by atoms with Crippen molar-refractivity contribution < 1.29 is 19.6 Å². The van der Waals surface area contributed by atoms with Crippen LogP contribution in [0.2, 0.25) is 0 Å². The molecule has 0 aliphatic heterocycles. The van der Waals surface area contributed by atoms with Crippen molar-refractivity contribution in [2.24, 2.45) is 0 Å². The first-order valence-electron chi connectivity index (χ1n) is 5.82. The largest absolute Gasteiger partial charge is 0.465 e. The number of benzene rings is 1. The number of aromatic nitrogens is 1. The zero-order chi connectivity index (χ0) is 15.4. The number of anilines is 1. The molecule has 108 valence electrons. The zero-order valence-corrected chi connectivity index (χ0v) is 11.0. The number of carbonyl (C=O) groups is 1. The van der Waals surface area contributed by atoms with E-state index < -0.39 is 11.0 Å². The third-order valence-electron chi connectivity index (χ3n) is 2.66. The highest BCUT2D eigenvalue weighted by Gasteiger charge is 2.09. The smallest absolute Gasteiger partial charge is 0.411 e. The second kappa shape index (κ2) is 5.87. The first-order chi connectivity index (χ1) is 9.97. The van der Waals surface area contributed by atoms with E-state index in [2.05, 4.69) is 4.98 Å². The van der Waals surface area contributed by atoms with Gasteiger partial charge in [0.1, 0.15) is 11.9 Å². The second-order valence-corrected chi connectivity index (χ2v) is 4.05. The van der Waals surface area contributed by atoms with Gasteiger partial charge in [-0.1, -0.05) is 0 Å². The number of ether oxygens (including phenoxy) is 1. The Morgan fingerprint density at radius 3 is 2.43 bits per heavy atom. The van der Waals surface area contributed by atoms with Crippen molar-refractivity contribution in [2.45, 2.75) is 0 Å². The van der Waals surface area contributed by atoms with Crippen LogP contribution < -0.4 is 9.64 Å². The minimum atomic E-state index is -1.07. The Labute approximate surface area is 119 Å². The summed E-state index contributed by atoms with van der Waals surface area (Å²) in [7, 11) is 1.43. The highest BCUT2D eigenvalue weighted by Crippen LogP contribution is 2.23. The van der Waals surface area contributed by atoms with Gasteiger partial charge in [-0.3, -0.25) is 15.0 Å². The average Bonchev–Trinajstić information content (AvgIpc) is 2.47. The first-order valence-corrected chi connectivity index (χ1v) is 5.82. The molecule has 0 atom stereocenters. The third-order valence-corrected chi connectivity index (χ3v) is 2.66. The lowest BCUT2D eigenvalue weighted by Gasteiger charge is -2.13. The summed E-state index contributed by atoms with van der Waals surface area (Å²) in [5.74, 6) is 0.652. The summed E-state index contributed by atoms with van der Waals surface area (Å²) in [6.07, 6.45) is 0.0303. The molecule has 0 aliphatic carbocycles. The van der Waals surface area contributed by atoms with Gasteiger partial charge in [0.2, 0.25) is 5.88 Å². The van der Waals surface area contributed by atoms with Gasteiger partial charge in [0, 0.05) is 24.9 Å². The van der Waals surface area contributed by atoms with E-state index in [4.69, 9.17) is 9.84 Å². The number of hydrogen-bond acceptors (Lipinski definition) is 5. The van der Waals surface area contributed by atoms with E-state index in [1.165, 1.54) is 19.2 Å². The van der Waals surface area contributed by atoms with Crippen LogP contribution in [-0.2, 0) is 0 Å². The van der Waals surface area contributed by atoms with Crippen molar-refractivity contribution in [1.29, 1.82) is 0 Å². The van der Waals surface area contributed by atoms with Gasteiger partial charge >= 0.3 is 6.09 Å². The van der Waals surface area contributed by atoms with Crippen molar-refractivity contribution in [3.8, 4) is 11.6 Å². The minimum absolute atomic E-state index is 0.124. The van der Waals surface area contributed by atoms with Crippen LogP contribution in [0.1, 0.15) is 0 Å². The van der Waals surface area contributed by atoms with Gasteiger partial charge in [-0.25, -0.2) is 9.78 Å². The summed E-state index contributed by atoms with van der Waals surface area (Å²) < 4.78 is 5.41. The fraction of sp³-hybridized carbons (Fsp3) is 0.0769. The predicted molar refractivity (Wildman–Crippen MR) is 73.8 cm³/mol. The Bertz CT molecular complexity index is 655. The molecule has 0 unspecified atom stereocenters. The van der Waals surface area contributed by atoms with E-state index >= 15 is 0 Å². The molecular weight excluding hydrogens is 278 g/mol. The van der Waals surface area contributed by atoms with Gasteiger partial charge in [0.15, 0.2) is 0 Å². The Hall–Kier alpha value is -3.16. The van der Waals surface area contributed by atoms with E-state index in [0.29, 0.717) is 11.4 Å². The van der Waals surface area contributed by atoms with E-state index in [-0.39, 0.29) is 11.6 Å². The van der Waals surface area contributed by atoms with Crippen LogP contribution in [0.5, 0.6) is 11.6 Å². The maximum absolute atomic E-state index is 10.8. The molecule has 0 aliphatic rings. The number of nitrogens with zero attached hydrogens (tertiary/aromatic N) is 3. The third kappa shape index (κ3) is 3.44. The molecule has 0 radical (unpaired) electrons. The summed E-state index contributed by atoms with van der Waals surface area (Å²) >= 11 is 0. The van der Waals surface area contributed by atoms with Gasteiger partial charge in [0.25, 0.3) is 5.69 Å². The number of carboxylic acid groups (broad SMARTS) is 1.